The number of hydrogen-bond acceptors (Lipinski definition) is 3. The molecule has 0 saturated heterocycles. The van der Waals surface area contributed by atoms with Crippen LogP contribution in [-0.4, -0.2) is 26.4 Å². The molecule has 0 fully saturated rings. The average Bonchev–Trinajstić information content (AvgIpc) is 2.64. The molecule has 0 radical (unpaired) electrons. The van der Waals surface area contributed by atoms with E-state index in [9.17, 15) is 13.2 Å². The number of nitrogens with one attached hydrogen (secondary N) is 2. The van der Waals surface area contributed by atoms with Gasteiger partial charge in [0.15, 0.2) is 0 Å². The fraction of sp³-hybridized carbons (Fsp3) is 0.350. The second-order valence-corrected chi connectivity index (χ2v) is 9.16. The lowest BCUT2D eigenvalue weighted by atomic mass is 10.1. The molecule has 8 heteroatoms. The largest absolute Gasteiger partial charge is 0.352 e. The SMILES string of the molecule is CCC[C@H](C)NC(=O)[C@H](Cc1ccccc1)NS(=O)(=O)c1cc(Cl)ccc1Cl. The number of sulfonamides is 1. The van der Waals surface area contributed by atoms with E-state index in [0.29, 0.717) is 0 Å². The highest BCUT2D eigenvalue weighted by molar-refractivity contribution is 7.89. The van der Waals surface area contributed by atoms with Crippen molar-refractivity contribution in [3.05, 3.63) is 64.1 Å². The third-order valence-electron chi connectivity index (χ3n) is 4.19. The maximum Gasteiger partial charge on any atom is 0.242 e. The number of halogens is 2. The fourth-order valence-corrected chi connectivity index (χ4v) is 4.78. The van der Waals surface area contributed by atoms with Gasteiger partial charge in [0.1, 0.15) is 10.9 Å². The molecule has 5 nitrogen and oxygen atoms in total. The minimum absolute atomic E-state index is 0.0371. The number of carbonyl (C=O) groups excluding carboxylic acids is 1. The van der Waals surface area contributed by atoms with E-state index in [2.05, 4.69) is 10.0 Å². The summed E-state index contributed by atoms with van der Waals surface area (Å²) in [4.78, 5) is 12.6. The van der Waals surface area contributed by atoms with Gasteiger partial charge in [-0.3, -0.25) is 4.79 Å². The number of rotatable bonds is 9. The third-order valence-corrected chi connectivity index (χ3v) is 6.38. The molecule has 0 aliphatic carbocycles. The van der Waals surface area contributed by atoms with Crippen LogP contribution in [0.5, 0.6) is 0 Å². The Bertz CT molecular complexity index is 905. The zero-order valence-electron chi connectivity index (χ0n) is 15.8. The summed E-state index contributed by atoms with van der Waals surface area (Å²) >= 11 is 12.0. The van der Waals surface area contributed by atoms with Crippen molar-refractivity contribution in [2.45, 2.75) is 50.1 Å². The van der Waals surface area contributed by atoms with Gasteiger partial charge in [0, 0.05) is 11.1 Å². The Morgan fingerprint density at radius 1 is 1.11 bits per heavy atom. The van der Waals surface area contributed by atoms with Crippen molar-refractivity contribution < 1.29 is 13.2 Å². The van der Waals surface area contributed by atoms with Gasteiger partial charge in [-0.1, -0.05) is 66.9 Å². The molecule has 2 rings (SSSR count). The van der Waals surface area contributed by atoms with Crippen LogP contribution in [0.2, 0.25) is 10.0 Å². The molecule has 0 aliphatic heterocycles. The standard InChI is InChI=1S/C20H24Cl2N2O3S/c1-3-7-14(2)23-20(25)18(12-15-8-5-4-6-9-15)24-28(26,27)19-13-16(21)10-11-17(19)22/h4-6,8-11,13-14,18,24H,3,7,12H2,1-2H3,(H,23,25)/t14-,18-/m0/s1. The molecule has 0 aliphatic rings. The quantitative estimate of drug-likeness (QED) is 0.611. The van der Waals surface area contributed by atoms with Crippen molar-refractivity contribution >= 4 is 39.1 Å². The van der Waals surface area contributed by atoms with Gasteiger partial charge in [0.25, 0.3) is 0 Å². The average molecular weight is 443 g/mol. The number of hydrogen-bond donors (Lipinski definition) is 2. The minimum Gasteiger partial charge on any atom is -0.352 e. The van der Waals surface area contributed by atoms with E-state index in [0.717, 1.165) is 18.4 Å². The van der Waals surface area contributed by atoms with Crippen molar-refractivity contribution in [3.63, 3.8) is 0 Å². The molecule has 152 valence electrons. The van der Waals surface area contributed by atoms with Crippen molar-refractivity contribution in [3.8, 4) is 0 Å². The monoisotopic (exact) mass is 442 g/mol. The fourth-order valence-electron chi connectivity index (χ4n) is 2.82. The lowest BCUT2D eigenvalue weighted by molar-refractivity contribution is -0.123. The lowest BCUT2D eigenvalue weighted by Gasteiger charge is -2.22. The molecule has 0 aromatic heterocycles. The van der Waals surface area contributed by atoms with Gasteiger partial charge < -0.3 is 5.32 Å². The summed E-state index contributed by atoms with van der Waals surface area (Å²) in [6, 6.07) is 12.4. The highest BCUT2D eigenvalue weighted by Crippen LogP contribution is 2.25. The molecule has 1 amide bonds. The molecule has 0 unspecified atom stereocenters. The van der Waals surface area contributed by atoms with Gasteiger partial charge in [0.2, 0.25) is 15.9 Å². The van der Waals surface area contributed by atoms with E-state index < -0.39 is 16.1 Å². The second kappa shape index (κ2) is 10.3. The zero-order valence-corrected chi connectivity index (χ0v) is 18.1. The smallest absolute Gasteiger partial charge is 0.242 e. The lowest BCUT2D eigenvalue weighted by Crippen LogP contribution is -2.50. The number of benzene rings is 2. The summed E-state index contributed by atoms with van der Waals surface area (Å²) in [6.07, 6.45) is 1.92. The minimum atomic E-state index is -4.05. The predicted octanol–water partition coefficient (Wildman–Crippen LogP) is 4.19. The molecule has 0 saturated carbocycles. The van der Waals surface area contributed by atoms with E-state index in [1.807, 2.05) is 44.2 Å². The van der Waals surface area contributed by atoms with Gasteiger partial charge in [0.05, 0.1) is 5.02 Å². The van der Waals surface area contributed by atoms with Crippen molar-refractivity contribution in [1.29, 1.82) is 0 Å². The van der Waals surface area contributed by atoms with E-state index in [1.54, 1.807) is 0 Å². The highest BCUT2D eigenvalue weighted by atomic mass is 35.5. The molecule has 2 N–H and O–H groups in total. The van der Waals surface area contributed by atoms with Crippen molar-refractivity contribution in [2.75, 3.05) is 0 Å². The van der Waals surface area contributed by atoms with Crippen LogP contribution in [0.25, 0.3) is 0 Å². The summed E-state index contributed by atoms with van der Waals surface area (Å²) < 4.78 is 28.3. The molecule has 0 bridgehead atoms. The summed E-state index contributed by atoms with van der Waals surface area (Å²) in [5.74, 6) is -0.383. The molecular weight excluding hydrogens is 419 g/mol. The van der Waals surface area contributed by atoms with Gasteiger partial charge in [-0.05, 0) is 43.5 Å². The molecule has 2 atom stereocenters. The van der Waals surface area contributed by atoms with E-state index in [4.69, 9.17) is 23.2 Å². The molecular formula is C20H24Cl2N2O3S. The van der Waals surface area contributed by atoms with Crippen LogP contribution < -0.4 is 10.0 Å². The normalized spacial score (nSPS) is 13.7. The first-order valence-electron chi connectivity index (χ1n) is 9.04. The van der Waals surface area contributed by atoms with Gasteiger partial charge >= 0.3 is 0 Å². The summed E-state index contributed by atoms with van der Waals surface area (Å²) in [5, 5.41) is 3.15. The predicted molar refractivity (Wildman–Crippen MR) is 113 cm³/mol. The maximum atomic E-state index is 12.9. The van der Waals surface area contributed by atoms with Crippen LogP contribution in [0.1, 0.15) is 32.3 Å². The zero-order chi connectivity index (χ0) is 20.7. The number of carbonyl (C=O) groups is 1. The molecule has 28 heavy (non-hydrogen) atoms. The van der Waals surface area contributed by atoms with E-state index in [-0.39, 0.29) is 33.3 Å². The molecule has 0 spiro atoms. The molecule has 2 aromatic carbocycles. The van der Waals surface area contributed by atoms with Crippen LogP contribution in [0.4, 0.5) is 0 Å². The van der Waals surface area contributed by atoms with Crippen LogP contribution in [-0.2, 0) is 21.2 Å². The van der Waals surface area contributed by atoms with E-state index in [1.165, 1.54) is 18.2 Å². The third kappa shape index (κ3) is 6.48. The van der Waals surface area contributed by atoms with E-state index >= 15 is 0 Å². The topological polar surface area (TPSA) is 75.3 Å². The second-order valence-electron chi connectivity index (χ2n) is 6.64. The number of amides is 1. The molecule has 0 heterocycles. The molecule has 2 aromatic rings. The van der Waals surface area contributed by atoms with Crippen molar-refractivity contribution in [2.24, 2.45) is 0 Å². The Balaban J connectivity index is 2.29. The van der Waals surface area contributed by atoms with Gasteiger partial charge in [-0.25, -0.2) is 8.42 Å². The Labute approximate surface area is 176 Å². The van der Waals surface area contributed by atoms with Crippen LogP contribution >= 0.6 is 23.2 Å². The summed E-state index contributed by atoms with van der Waals surface area (Å²) in [7, 11) is -4.05. The Morgan fingerprint density at radius 3 is 2.43 bits per heavy atom. The van der Waals surface area contributed by atoms with Gasteiger partial charge in [-0.2, -0.15) is 4.72 Å². The first-order chi connectivity index (χ1) is 13.2. The van der Waals surface area contributed by atoms with Crippen molar-refractivity contribution in [1.82, 2.24) is 10.0 Å². The Hall–Kier alpha value is -1.60. The van der Waals surface area contributed by atoms with Gasteiger partial charge in [-0.15, -0.1) is 0 Å². The highest BCUT2D eigenvalue weighted by Gasteiger charge is 2.28. The Kier molecular flexibility index (Phi) is 8.31. The first-order valence-corrected chi connectivity index (χ1v) is 11.3. The first kappa shape index (κ1) is 22.7. The maximum absolute atomic E-state index is 12.9. The van der Waals surface area contributed by atoms with Crippen LogP contribution in [0, 0.1) is 0 Å². The Morgan fingerprint density at radius 2 is 1.79 bits per heavy atom. The van der Waals surface area contributed by atoms with Crippen LogP contribution in [0.3, 0.4) is 0 Å². The summed E-state index contributed by atoms with van der Waals surface area (Å²) in [6.45, 7) is 3.91. The summed E-state index contributed by atoms with van der Waals surface area (Å²) in [5.41, 5.74) is 0.839. The van der Waals surface area contributed by atoms with Crippen LogP contribution in [0.15, 0.2) is 53.4 Å².